The molecular weight excluding hydrogens is 298 g/mol. The summed E-state index contributed by atoms with van der Waals surface area (Å²) in [7, 11) is 0. The van der Waals surface area contributed by atoms with E-state index in [1.165, 1.54) is 18.2 Å². The first-order valence-corrected chi connectivity index (χ1v) is 5.55. The number of aliphatic imine (C=N–C) groups is 1. The van der Waals surface area contributed by atoms with Crippen LogP contribution < -0.4 is 11.5 Å². The van der Waals surface area contributed by atoms with Crippen LogP contribution in [-0.4, -0.2) is 21.4 Å². The quantitative estimate of drug-likeness (QED) is 0.381. The van der Waals surface area contributed by atoms with E-state index in [1.54, 1.807) is 29.1 Å². The maximum absolute atomic E-state index is 11.8. The number of aromatic nitrogens is 1. The Balaban J connectivity index is 0.00000220. The number of nitrogens with zero attached hydrogens (tertiary/aromatic N) is 3. The van der Waals surface area contributed by atoms with Crippen LogP contribution in [0, 0.1) is 10.1 Å². The largest absolute Gasteiger partial charge is 0.370 e. The first-order valence-electron chi connectivity index (χ1n) is 5.55. The number of rotatable bonds is 3. The molecular formula is C12H12ClN5O3. The molecule has 0 bridgehead atoms. The Morgan fingerprint density at radius 2 is 1.86 bits per heavy atom. The van der Waals surface area contributed by atoms with Crippen LogP contribution in [0.25, 0.3) is 5.69 Å². The third-order valence-electron chi connectivity index (χ3n) is 2.54. The van der Waals surface area contributed by atoms with E-state index in [0.29, 0.717) is 5.69 Å². The van der Waals surface area contributed by atoms with Gasteiger partial charge in [-0.05, 0) is 24.3 Å². The highest BCUT2D eigenvalue weighted by molar-refractivity contribution is 6.04. The van der Waals surface area contributed by atoms with Gasteiger partial charge in [0.25, 0.3) is 11.6 Å². The second-order valence-electron chi connectivity index (χ2n) is 3.89. The average Bonchev–Trinajstić information content (AvgIpc) is 2.90. The molecule has 0 unspecified atom stereocenters. The molecule has 9 heteroatoms. The number of amides is 1. The fourth-order valence-corrected chi connectivity index (χ4v) is 1.70. The van der Waals surface area contributed by atoms with E-state index >= 15 is 0 Å². The Bertz CT molecular complexity index is 693. The molecule has 1 aromatic carbocycles. The third-order valence-corrected chi connectivity index (χ3v) is 2.54. The predicted molar refractivity (Wildman–Crippen MR) is 79.8 cm³/mol. The van der Waals surface area contributed by atoms with Gasteiger partial charge >= 0.3 is 0 Å². The van der Waals surface area contributed by atoms with Crippen LogP contribution in [0.1, 0.15) is 10.4 Å². The highest BCUT2D eigenvalue weighted by atomic mass is 35.5. The van der Waals surface area contributed by atoms with Crippen LogP contribution in [0.15, 0.2) is 47.7 Å². The van der Waals surface area contributed by atoms with Crippen molar-refractivity contribution in [3.05, 3.63) is 58.4 Å². The predicted octanol–water partition coefficient (Wildman–Crippen LogP) is 1.22. The van der Waals surface area contributed by atoms with E-state index in [0.717, 1.165) is 0 Å². The minimum absolute atomic E-state index is 0. The van der Waals surface area contributed by atoms with Crippen LogP contribution in [0.2, 0.25) is 0 Å². The Kier molecular flexibility index (Phi) is 5.03. The van der Waals surface area contributed by atoms with Crippen LogP contribution in [-0.2, 0) is 0 Å². The van der Waals surface area contributed by atoms with Crippen molar-refractivity contribution in [1.29, 1.82) is 0 Å². The average molecular weight is 310 g/mol. The van der Waals surface area contributed by atoms with Gasteiger partial charge in [0.15, 0.2) is 5.96 Å². The summed E-state index contributed by atoms with van der Waals surface area (Å²) in [5.74, 6) is -1.30. The van der Waals surface area contributed by atoms with Gasteiger partial charge in [-0.3, -0.25) is 14.9 Å². The number of nitro groups is 1. The number of halogens is 1. The number of carbonyl (C=O) groups is 1. The molecule has 0 aliphatic heterocycles. The van der Waals surface area contributed by atoms with Crippen molar-refractivity contribution < 1.29 is 9.72 Å². The lowest BCUT2D eigenvalue weighted by Gasteiger charge is -2.05. The summed E-state index contributed by atoms with van der Waals surface area (Å²) in [5, 5.41) is 10.9. The Morgan fingerprint density at radius 3 is 2.38 bits per heavy atom. The minimum atomic E-state index is -0.856. The normalized spacial score (nSPS) is 9.52. The minimum Gasteiger partial charge on any atom is -0.370 e. The third kappa shape index (κ3) is 3.57. The molecule has 0 saturated heterocycles. The Labute approximate surface area is 125 Å². The van der Waals surface area contributed by atoms with Crippen LogP contribution in [0.5, 0.6) is 0 Å². The summed E-state index contributed by atoms with van der Waals surface area (Å²) >= 11 is 0. The molecule has 1 amide bonds. The van der Waals surface area contributed by atoms with E-state index in [1.807, 2.05) is 0 Å². The van der Waals surface area contributed by atoms with Crippen LogP contribution in [0.3, 0.4) is 0 Å². The summed E-state index contributed by atoms with van der Waals surface area (Å²) < 4.78 is 1.70. The van der Waals surface area contributed by atoms with Gasteiger partial charge in [-0.1, -0.05) is 0 Å². The van der Waals surface area contributed by atoms with Gasteiger partial charge in [0.2, 0.25) is 0 Å². The molecule has 21 heavy (non-hydrogen) atoms. The fraction of sp³-hybridized carbons (Fsp3) is 0. The van der Waals surface area contributed by atoms with Gasteiger partial charge in [-0.2, -0.15) is 4.99 Å². The van der Waals surface area contributed by atoms with Crippen molar-refractivity contribution in [2.75, 3.05) is 0 Å². The molecule has 0 atom stereocenters. The van der Waals surface area contributed by atoms with Crippen molar-refractivity contribution >= 4 is 30.0 Å². The fourth-order valence-electron chi connectivity index (χ4n) is 1.70. The molecule has 4 N–H and O–H groups in total. The van der Waals surface area contributed by atoms with Gasteiger partial charge in [0, 0.05) is 24.1 Å². The van der Waals surface area contributed by atoms with Gasteiger partial charge in [-0.15, -0.1) is 12.4 Å². The summed E-state index contributed by atoms with van der Waals surface area (Å²) in [5.41, 5.74) is 10.3. The molecule has 2 aromatic rings. The lowest BCUT2D eigenvalue weighted by Crippen LogP contribution is -2.24. The number of hydrogen-bond donors (Lipinski definition) is 2. The maximum Gasteiger partial charge on any atom is 0.287 e. The molecule has 0 aliphatic rings. The first-order chi connectivity index (χ1) is 9.49. The van der Waals surface area contributed by atoms with Crippen LogP contribution >= 0.6 is 12.4 Å². The number of hydrogen-bond acceptors (Lipinski definition) is 3. The molecule has 2 rings (SSSR count). The van der Waals surface area contributed by atoms with Gasteiger partial charge < -0.3 is 16.0 Å². The molecule has 110 valence electrons. The lowest BCUT2D eigenvalue weighted by atomic mass is 10.1. The molecule has 1 aromatic heterocycles. The van der Waals surface area contributed by atoms with Crippen molar-refractivity contribution in [3.8, 4) is 5.69 Å². The molecule has 1 heterocycles. The molecule has 0 aliphatic carbocycles. The molecule has 0 saturated carbocycles. The van der Waals surface area contributed by atoms with Crippen molar-refractivity contribution in [2.45, 2.75) is 0 Å². The number of nitro benzene ring substituents is 1. The standard InChI is InChI=1S/C12H11N5O3.ClH/c13-12(14)15-11(18)9-7-8(16-5-1-2-6-16)3-4-10(9)17(19)20;/h1-7H,(H4,13,14,15,18);1H. The van der Waals surface area contributed by atoms with Crippen molar-refractivity contribution in [1.82, 2.24) is 4.57 Å². The van der Waals surface area contributed by atoms with Crippen molar-refractivity contribution in [2.24, 2.45) is 16.5 Å². The van der Waals surface area contributed by atoms with E-state index < -0.39 is 16.8 Å². The van der Waals surface area contributed by atoms with Gasteiger partial charge in [-0.25, -0.2) is 0 Å². The van der Waals surface area contributed by atoms with E-state index in [-0.39, 0.29) is 23.7 Å². The second kappa shape index (κ2) is 6.53. The number of benzene rings is 1. The molecule has 0 spiro atoms. The number of carbonyl (C=O) groups excluding carboxylic acids is 1. The second-order valence-corrected chi connectivity index (χ2v) is 3.89. The topological polar surface area (TPSA) is 130 Å². The highest BCUT2D eigenvalue weighted by Gasteiger charge is 2.20. The van der Waals surface area contributed by atoms with E-state index in [4.69, 9.17) is 11.5 Å². The maximum atomic E-state index is 11.8. The number of guanidine groups is 1. The smallest absolute Gasteiger partial charge is 0.287 e. The number of nitrogens with two attached hydrogens (primary N) is 2. The zero-order chi connectivity index (χ0) is 14.7. The Hall–Kier alpha value is -2.87. The molecule has 0 fully saturated rings. The SMILES string of the molecule is Cl.NC(N)=NC(=O)c1cc(-n2cccc2)ccc1[N+](=O)[O-]. The zero-order valence-corrected chi connectivity index (χ0v) is 11.5. The zero-order valence-electron chi connectivity index (χ0n) is 10.7. The van der Waals surface area contributed by atoms with Crippen LogP contribution in [0.4, 0.5) is 5.69 Å². The summed E-state index contributed by atoms with van der Waals surface area (Å²) in [4.78, 5) is 25.5. The van der Waals surface area contributed by atoms with E-state index in [9.17, 15) is 14.9 Å². The van der Waals surface area contributed by atoms with Gasteiger partial charge in [0.1, 0.15) is 5.56 Å². The van der Waals surface area contributed by atoms with Crippen molar-refractivity contribution in [3.63, 3.8) is 0 Å². The highest BCUT2D eigenvalue weighted by Crippen LogP contribution is 2.23. The summed E-state index contributed by atoms with van der Waals surface area (Å²) in [6.07, 6.45) is 3.49. The summed E-state index contributed by atoms with van der Waals surface area (Å²) in [6.45, 7) is 0. The monoisotopic (exact) mass is 309 g/mol. The molecule has 8 nitrogen and oxygen atoms in total. The van der Waals surface area contributed by atoms with E-state index in [2.05, 4.69) is 4.99 Å². The Morgan fingerprint density at radius 1 is 1.24 bits per heavy atom. The summed E-state index contributed by atoms with van der Waals surface area (Å²) in [6, 6.07) is 7.72. The van der Waals surface area contributed by atoms with Gasteiger partial charge in [0.05, 0.1) is 4.92 Å². The lowest BCUT2D eigenvalue weighted by molar-refractivity contribution is -0.385. The first kappa shape index (κ1) is 16.2. The molecule has 0 radical (unpaired) electrons.